The highest BCUT2D eigenvalue weighted by Gasteiger charge is 2.07. The molecule has 0 N–H and O–H groups in total. The first-order valence-corrected chi connectivity index (χ1v) is 11.9. The minimum absolute atomic E-state index is 0.120. The van der Waals surface area contributed by atoms with Crippen molar-refractivity contribution in [3.05, 3.63) is 29.3 Å². The Morgan fingerprint density at radius 2 is 1.90 bits per heavy atom. The van der Waals surface area contributed by atoms with Crippen LogP contribution < -0.4 is 5.19 Å². The molecule has 0 saturated heterocycles. The van der Waals surface area contributed by atoms with Crippen molar-refractivity contribution in [1.29, 1.82) is 0 Å². The maximum absolute atomic E-state index is 3.63. The second kappa shape index (κ2) is 11.0. The molecule has 1 rings (SSSR count). The number of alkyl halides is 2. The fourth-order valence-corrected chi connectivity index (χ4v) is 5.92. The first-order chi connectivity index (χ1) is 9.71. The second-order valence-electron chi connectivity index (χ2n) is 5.86. The number of hydrogen-bond acceptors (Lipinski definition) is 0. The van der Waals surface area contributed by atoms with Gasteiger partial charge in [-0.3, -0.25) is 0 Å². The van der Waals surface area contributed by atoms with Gasteiger partial charge >= 0.3 is 0 Å². The molecule has 0 spiro atoms. The highest BCUT2D eigenvalue weighted by molar-refractivity contribution is 9.08. The SMILES string of the molecule is CCCCCCC(C)C[SiH2]c1cc(CBr)ccc1CBr. The monoisotopic (exact) mass is 418 g/mol. The number of halogens is 2. The van der Waals surface area contributed by atoms with Gasteiger partial charge in [0.1, 0.15) is 0 Å². The fraction of sp³-hybridized carbons (Fsp3) is 0.647. The van der Waals surface area contributed by atoms with Crippen molar-refractivity contribution in [3.8, 4) is 0 Å². The van der Waals surface area contributed by atoms with Crippen molar-refractivity contribution in [2.24, 2.45) is 5.92 Å². The van der Waals surface area contributed by atoms with Crippen LogP contribution in [0, 0.1) is 5.92 Å². The van der Waals surface area contributed by atoms with Gasteiger partial charge in [0.25, 0.3) is 0 Å². The van der Waals surface area contributed by atoms with Gasteiger partial charge in [0, 0.05) is 10.7 Å². The summed E-state index contributed by atoms with van der Waals surface area (Å²) < 4.78 is 0. The van der Waals surface area contributed by atoms with E-state index in [-0.39, 0.29) is 9.52 Å². The van der Waals surface area contributed by atoms with Crippen LogP contribution in [-0.4, -0.2) is 9.52 Å². The number of hydrogen-bond donors (Lipinski definition) is 0. The third-order valence-corrected chi connectivity index (χ3v) is 7.75. The molecule has 0 aliphatic rings. The average molecular weight is 420 g/mol. The van der Waals surface area contributed by atoms with Crippen molar-refractivity contribution >= 4 is 46.6 Å². The quantitative estimate of drug-likeness (QED) is 0.274. The minimum atomic E-state index is -0.120. The van der Waals surface area contributed by atoms with Gasteiger partial charge in [-0.05, 0) is 17.0 Å². The summed E-state index contributed by atoms with van der Waals surface area (Å²) in [4.78, 5) is 0. The highest BCUT2D eigenvalue weighted by Crippen LogP contribution is 2.15. The lowest BCUT2D eigenvalue weighted by molar-refractivity contribution is 0.524. The zero-order valence-corrected chi connectivity index (χ0v) is 17.5. The Morgan fingerprint density at radius 3 is 2.55 bits per heavy atom. The number of benzene rings is 1. The van der Waals surface area contributed by atoms with Crippen LogP contribution in [0.15, 0.2) is 18.2 Å². The molecular formula is C17H28Br2Si. The maximum atomic E-state index is 3.63. The first-order valence-electron chi connectivity index (χ1n) is 7.93. The summed E-state index contributed by atoms with van der Waals surface area (Å²) in [5.41, 5.74) is 2.94. The number of unbranched alkanes of at least 4 members (excludes halogenated alkanes) is 3. The lowest BCUT2D eigenvalue weighted by Crippen LogP contribution is -2.21. The molecule has 1 atom stereocenters. The Kier molecular flexibility index (Phi) is 10.2. The van der Waals surface area contributed by atoms with Crippen LogP contribution in [0.4, 0.5) is 0 Å². The van der Waals surface area contributed by atoms with Crippen molar-refractivity contribution in [2.75, 3.05) is 0 Å². The smallest absolute Gasteiger partial charge is 0.0554 e. The molecule has 0 nitrogen and oxygen atoms in total. The molecule has 0 radical (unpaired) electrons. The normalized spacial score (nSPS) is 13.2. The molecule has 114 valence electrons. The lowest BCUT2D eigenvalue weighted by atomic mass is 10.0. The average Bonchev–Trinajstić information content (AvgIpc) is 2.49. The molecule has 0 fully saturated rings. The van der Waals surface area contributed by atoms with Crippen molar-refractivity contribution < 1.29 is 0 Å². The maximum Gasteiger partial charge on any atom is 0.0554 e. The van der Waals surface area contributed by atoms with E-state index in [0.29, 0.717) is 0 Å². The summed E-state index contributed by atoms with van der Waals surface area (Å²) >= 11 is 7.20. The van der Waals surface area contributed by atoms with Gasteiger partial charge in [0.2, 0.25) is 0 Å². The number of rotatable bonds is 10. The topological polar surface area (TPSA) is 0 Å². The van der Waals surface area contributed by atoms with Crippen LogP contribution >= 0.6 is 31.9 Å². The Labute approximate surface area is 144 Å². The molecule has 1 aromatic rings. The summed E-state index contributed by atoms with van der Waals surface area (Å²) in [6.45, 7) is 4.73. The molecule has 0 aromatic heterocycles. The molecule has 0 bridgehead atoms. The third kappa shape index (κ3) is 6.90. The highest BCUT2D eigenvalue weighted by atomic mass is 79.9. The summed E-state index contributed by atoms with van der Waals surface area (Å²) in [6, 6.07) is 8.44. The lowest BCUT2D eigenvalue weighted by Gasteiger charge is -2.13. The van der Waals surface area contributed by atoms with E-state index in [2.05, 4.69) is 63.9 Å². The second-order valence-corrected chi connectivity index (χ2v) is 8.82. The van der Waals surface area contributed by atoms with Crippen molar-refractivity contribution in [3.63, 3.8) is 0 Å². The summed E-state index contributed by atoms with van der Waals surface area (Å²) in [5, 5.41) is 3.64. The summed E-state index contributed by atoms with van der Waals surface area (Å²) in [5.74, 6) is 0.911. The van der Waals surface area contributed by atoms with Gasteiger partial charge in [-0.25, -0.2) is 0 Å². The molecule has 0 aliphatic heterocycles. The van der Waals surface area contributed by atoms with Crippen LogP contribution in [0.25, 0.3) is 0 Å². The van der Waals surface area contributed by atoms with Gasteiger partial charge in [-0.15, -0.1) is 0 Å². The molecule has 0 heterocycles. The first kappa shape index (κ1) is 18.4. The van der Waals surface area contributed by atoms with Gasteiger partial charge in [0.05, 0.1) is 9.52 Å². The zero-order valence-electron chi connectivity index (χ0n) is 12.9. The van der Waals surface area contributed by atoms with Crippen LogP contribution in [0.2, 0.25) is 6.04 Å². The van der Waals surface area contributed by atoms with Gasteiger partial charge in [0.15, 0.2) is 0 Å². The van der Waals surface area contributed by atoms with Crippen molar-refractivity contribution in [2.45, 2.75) is 62.7 Å². The molecule has 3 heteroatoms. The molecular weight excluding hydrogens is 392 g/mol. The fourth-order valence-electron chi connectivity index (χ4n) is 2.59. The van der Waals surface area contributed by atoms with E-state index in [0.717, 1.165) is 16.6 Å². The molecule has 0 amide bonds. The van der Waals surface area contributed by atoms with Crippen LogP contribution in [0.3, 0.4) is 0 Å². The molecule has 0 saturated carbocycles. The third-order valence-electron chi connectivity index (χ3n) is 4.03. The van der Waals surface area contributed by atoms with E-state index < -0.39 is 0 Å². The predicted octanol–water partition coefficient (Wildman–Crippen LogP) is 5.30. The molecule has 0 aliphatic carbocycles. The molecule has 1 unspecified atom stereocenters. The van der Waals surface area contributed by atoms with E-state index >= 15 is 0 Å². The van der Waals surface area contributed by atoms with Gasteiger partial charge < -0.3 is 0 Å². The standard InChI is InChI=1S/C17H28Br2Si/c1-3-4-5-6-7-14(2)13-20-17-10-15(11-18)8-9-16(17)12-19/h8-10,14H,3-7,11-13,20H2,1-2H3. The Morgan fingerprint density at radius 1 is 1.10 bits per heavy atom. The minimum Gasteiger partial charge on any atom is -0.0876 e. The van der Waals surface area contributed by atoms with Crippen LogP contribution in [0.1, 0.15) is 57.1 Å². The predicted molar refractivity (Wildman–Crippen MR) is 103 cm³/mol. The van der Waals surface area contributed by atoms with Crippen molar-refractivity contribution in [1.82, 2.24) is 0 Å². The largest absolute Gasteiger partial charge is 0.0876 e. The molecule has 20 heavy (non-hydrogen) atoms. The van der Waals surface area contributed by atoms with E-state index in [1.807, 2.05) is 0 Å². The Bertz CT molecular complexity index is 379. The molecule has 1 aromatic carbocycles. The summed E-state index contributed by atoms with van der Waals surface area (Å²) in [7, 11) is -0.120. The van der Waals surface area contributed by atoms with Crippen LogP contribution in [-0.2, 0) is 10.7 Å². The Balaban J connectivity index is 2.43. The van der Waals surface area contributed by atoms with E-state index in [9.17, 15) is 0 Å². The van der Waals surface area contributed by atoms with Crippen LogP contribution in [0.5, 0.6) is 0 Å². The van der Waals surface area contributed by atoms with E-state index in [4.69, 9.17) is 0 Å². The summed E-state index contributed by atoms with van der Waals surface area (Å²) in [6.07, 6.45) is 7.03. The van der Waals surface area contributed by atoms with Gasteiger partial charge in [-0.2, -0.15) is 0 Å². The van der Waals surface area contributed by atoms with Gasteiger partial charge in [-0.1, -0.05) is 107 Å². The zero-order chi connectivity index (χ0) is 14.8. The van der Waals surface area contributed by atoms with E-state index in [1.165, 1.54) is 49.3 Å². The van der Waals surface area contributed by atoms with E-state index in [1.54, 1.807) is 5.19 Å². The Hall–Kier alpha value is 0.397.